The topological polar surface area (TPSA) is 57.4 Å². The molecule has 1 rings (SSSR count). The van der Waals surface area contributed by atoms with E-state index >= 15 is 0 Å². The first-order valence-electron chi connectivity index (χ1n) is 5.48. The van der Waals surface area contributed by atoms with E-state index in [0.29, 0.717) is 25.6 Å². The lowest BCUT2D eigenvalue weighted by Crippen LogP contribution is -2.09. The van der Waals surface area contributed by atoms with E-state index in [0.717, 1.165) is 23.2 Å². The van der Waals surface area contributed by atoms with Crippen LogP contribution in [0.15, 0.2) is 6.07 Å². The molecule has 1 heterocycles. The molecule has 0 radical (unpaired) electrons. The third-order valence-electron chi connectivity index (χ3n) is 2.37. The van der Waals surface area contributed by atoms with Gasteiger partial charge in [-0.3, -0.25) is 0 Å². The first kappa shape index (κ1) is 12.9. The Labute approximate surface area is 96.8 Å². The van der Waals surface area contributed by atoms with Crippen LogP contribution in [0.2, 0.25) is 0 Å². The van der Waals surface area contributed by atoms with E-state index in [1.165, 1.54) is 0 Å². The van der Waals surface area contributed by atoms with Crippen LogP contribution in [0.1, 0.15) is 23.2 Å². The highest BCUT2D eigenvalue weighted by atomic mass is 16.5. The van der Waals surface area contributed by atoms with E-state index in [1.54, 1.807) is 7.11 Å². The average molecular weight is 224 g/mol. The van der Waals surface area contributed by atoms with E-state index in [4.69, 9.17) is 15.2 Å². The van der Waals surface area contributed by atoms with Gasteiger partial charge in [0, 0.05) is 37.9 Å². The van der Waals surface area contributed by atoms with Gasteiger partial charge in [-0.2, -0.15) is 0 Å². The second kappa shape index (κ2) is 6.45. The van der Waals surface area contributed by atoms with Crippen LogP contribution in [-0.4, -0.2) is 25.3 Å². The van der Waals surface area contributed by atoms with Gasteiger partial charge in [0.25, 0.3) is 0 Å². The molecular weight excluding hydrogens is 204 g/mol. The Morgan fingerprint density at radius 1 is 1.31 bits per heavy atom. The number of aromatic nitrogens is 1. The van der Waals surface area contributed by atoms with Crippen molar-refractivity contribution in [1.82, 2.24) is 4.98 Å². The van der Waals surface area contributed by atoms with E-state index in [2.05, 4.69) is 4.98 Å². The van der Waals surface area contributed by atoms with E-state index in [-0.39, 0.29) is 0 Å². The largest absolute Gasteiger partial charge is 0.477 e. The molecule has 1 aromatic rings. The van der Waals surface area contributed by atoms with Crippen LogP contribution in [0.4, 0.5) is 0 Å². The molecule has 0 atom stereocenters. The van der Waals surface area contributed by atoms with Gasteiger partial charge in [0.1, 0.15) is 0 Å². The first-order chi connectivity index (χ1) is 7.69. The van der Waals surface area contributed by atoms with Crippen molar-refractivity contribution in [3.05, 3.63) is 22.9 Å². The Morgan fingerprint density at radius 2 is 2.06 bits per heavy atom. The van der Waals surface area contributed by atoms with Crippen molar-refractivity contribution >= 4 is 0 Å². The number of rotatable bonds is 6. The summed E-state index contributed by atoms with van der Waals surface area (Å²) in [7, 11) is 1.68. The Balaban J connectivity index is 2.69. The van der Waals surface area contributed by atoms with Crippen molar-refractivity contribution < 1.29 is 9.47 Å². The highest BCUT2D eigenvalue weighted by Gasteiger charge is 2.08. The number of ether oxygens (including phenoxy) is 2. The number of nitrogens with zero attached hydrogens (tertiary/aromatic N) is 1. The van der Waals surface area contributed by atoms with Crippen molar-refractivity contribution in [1.29, 1.82) is 0 Å². The molecule has 4 heteroatoms. The van der Waals surface area contributed by atoms with Crippen LogP contribution >= 0.6 is 0 Å². The smallest absolute Gasteiger partial charge is 0.218 e. The van der Waals surface area contributed by atoms with Gasteiger partial charge in [-0.05, 0) is 25.5 Å². The molecule has 0 unspecified atom stereocenters. The maximum absolute atomic E-state index is 5.69. The zero-order valence-corrected chi connectivity index (χ0v) is 10.2. The zero-order valence-electron chi connectivity index (χ0n) is 10.2. The molecule has 0 saturated heterocycles. The Kier molecular flexibility index (Phi) is 5.22. The van der Waals surface area contributed by atoms with Crippen molar-refractivity contribution in [3.63, 3.8) is 0 Å². The summed E-state index contributed by atoms with van der Waals surface area (Å²) in [5.74, 6) is 0.663. The van der Waals surface area contributed by atoms with Crippen molar-refractivity contribution in [3.8, 4) is 5.88 Å². The SMILES string of the molecule is COCCCOc1nc(C)cc(C)c1CN. The molecule has 16 heavy (non-hydrogen) atoms. The maximum atomic E-state index is 5.69. The minimum absolute atomic E-state index is 0.457. The Hall–Kier alpha value is -1.13. The second-order valence-corrected chi connectivity index (χ2v) is 3.76. The third-order valence-corrected chi connectivity index (χ3v) is 2.37. The third kappa shape index (κ3) is 3.47. The average Bonchev–Trinajstić information content (AvgIpc) is 2.24. The van der Waals surface area contributed by atoms with Crippen LogP contribution in [0.25, 0.3) is 0 Å². The lowest BCUT2D eigenvalue weighted by Gasteiger charge is -2.12. The van der Waals surface area contributed by atoms with Gasteiger partial charge >= 0.3 is 0 Å². The number of hydrogen-bond donors (Lipinski definition) is 1. The van der Waals surface area contributed by atoms with Gasteiger partial charge in [0.05, 0.1) is 6.61 Å². The highest BCUT2D eigenvalue weighted by Crippen LogP contribution is 2.20. The highest BCUT2D eigenvalue weighted by molar-refractivity contribution is 5.35. The van der Waals surface area contributed by atoms with E-state index in [9.17, 15) is 0 Å². The fraction of sp³-hybridized carbons (Fsp3) is 0.583. The van der Waals surface area contributed by atoms with Crippen molar-refractivity contribution in [2.24, 2.45) is 5.73 Å². The van der Waals surface area contributed by atoms with Crippen LogP contribution in [-0.2, 0) is 11.3 Å². The minimum Gasteiger partial charge on any atom is -0.477 e. The Morgan fingerprint density at radius 3 is 2.69 bits per heavy atom. The molecule has 0 amide bonds. The molecule has 90 valence electrons. The van der Waals surface area contributed by atoms with Crippen LogP contribution in [0.3, 0.4) is 0 Å². The van der Waals surface area contributed by atoms with Crippen molar-refractivity contribution in [2.45, 2.75) is 26.8 Å². The summed E-state index contributed by atoms with van der Waals surface area (Å²) in [5, 5.41) is 0. The molecule has 0 aromatic carbocycles. The zero-order chi connectivity index (χ0) is 12.0. The number of aryl methyl sites for hydroxylation is 2. The summed E-state index contributed by atoms with van der Waals surface area (Å²) in [6, 6.07) is 2.02. The molecular formula is C12H20N2O2. The fourth-order valence-electron chi connectivity index (χ4n) is 1.57. The number of methoxy groups -OCH3 is 1. The summed E-state index contributed by atoms with van der Waals surface area (Å²) in [5.41, 5.74) is 8.77. The predicted molar refractivity (Wildman–Crippen MR) is 63.6 cm³/mol. The predicted octanol–water partition coefficient (Wildman–Crippen LogP) is 1.57. The second-order valence-electron chi connectivity index (χ2n) is 3.76. The van der Waals surface area contributed by atoms with Gasteiger partial charge in [0.15, 0.2) is 0 Å². The number of nitrogens with two attached hydrogens (primary N) is 1. The summed E-state index contributed by atoms with van der Waals surface area (Å²) in [6.45, 7) is 5.74. The summed E-state index contributed by atoms with van der Waals surface area (Å²) < 4.78 is 10.6. The molecule has 0 aliphatic rings. The van der Waals surface area contributed by atoms with Gasteiger partial charge in [-0.1, -0.05) is 0 Å². The summed E-state index contributed by atoms with van der Waals surface area (Å²) in [4.78, 5) is 4.36. The molecule has 2 N–H and O–H groups in total. The maximum Gasteiger partial charge on any atom is 0.218 e. The number of hydrogen-bond acceptors (Lipinski definition) is 4. The molecule has 0 fully saturated rings. The monoisotopic (exact) mass is 224 g/mol. The van der Waals surface area contributed by atoms with E-state index < -0.39 is 0 Å². The lowest BCUT2D eigenvalue weighted by atomic mass is 10.1. The minimum atomic E-state index is 0.457. The summed E-state index contributed by atoms with van der Waals surface area (Å²) >= 11 is 0. The van der Waals surface area contributed by atoms with Gasteiger partial charge < -0.3 is 15.2 Å². The molecule has 0 aliphatic carbocycles. The molecule has 0 spiro atoms. The standard InChI is InChI=1S/C12H20N2O2/c1-9-7-10(2)14-12(11(9)8-13)16-6-4-5-15-3/h7H,4-6,8,13H2,1-3H3. The molecule has 0 aliphatic heterocycles. The van der Waals surface area contributed by atoms with Crippen LogP contribution < -0.4 is 10.5 Å². The van der Waals surface area contributed by atoms with Crippen LogP contribution in [0.5, 0.6) is 5.88 Å². The van der Waals surface area contributed by atoms with Gasteiger partial charge in [-0.15, -0.1) is 0 Å². The molecule has 0 saturated carbocycles. The van der Waals surface area contributed by atoms with Crippen molar-refractivity contribution in [2.75, 3.05) is 20.3 Å². The molecule has 1 aromatic heterocycles. The molecule has 4 nitrogen and oxygen atoms in total. The normalized spacial score (nSPS) is 10.5. The Bertz CT molecular complexity index is 340. The van der Waals surface area contributed by atoms with E-state index in [1.807, 2.05) is 19.9 Å². The number of pyridine rings is 1. The van der Waals surface area contributed by atoms with Gasteiger partial charge in [-0.25, -0.2) is 4.98 Å². The van der Waals surface area contributed by atoms with Crippen LogP contribution in [0, 0.1) is 13.8 Å². The van der Waals surface area contributed by atoms with Gasteiger partial charge in [0.2, 0.25) is 5.88 Å². The fourth-order valence-corrected chi connectivity index (χ4v) is 1.57. The lowest BCUT2D eigenvalue weighted by molar-refractivity contribution is 0.170. The first-order valence-corrected chi connectivity index (χ1v) is 5.48. The summed E-state index contributed by atoms with van der Waals surface area (Å²) in [6.07, 6.45) is 0.856. The quantitative estimate of drug-likeness (QED) is 0.745. The molecule has 0 bridgehead atoms.